The van der Waals surface area contributed by atoms with Gasteiger partial charge in [0.2, 0.25) is 10.0 Å². The first-order chi connectivity index (χ1) is 9.72. The Morgan fingerprint density at radius 2 is 1.81 bits per heavy atom. The SMILES string of the molecule is Cc1cc(F)c(N)c(C)c1S(=O)(=O)NC1CCC(C)CC1. The molecule has 4 nitrogen and oxygen atoms in total. The Bertz CT molecular complexity index is 636. The maximum atomic E-state index is 13.6. The van der Waals surface area contributed by atoms with Crippen molar-refractivity contribution in [2.75, 3.05) is 5.73 Å². The first-order valence-corrected chi connectivity index (χ1v) is 8.78. The van der Waals surface area contributed by atoms with Crippen LogP contribution in [0.2, 0.25) is 0 Å². The van der Waals surface area contributed by atoms with Crippen LogP contribution in [0.1, 0.15) is 43.7 Å². The minimum atomic E-state index is -3.67. The third kappa shape index (κ3) is 3.37. The molecule has 0 atom stereocenters. The minimum Gasteiger partial charge on any atom is -0.396 e. The number of hydrogen-bond acceptors (Lipinski definition) is 3. The summed E-state index contributed by atoms with van der Waals surface area (Å²) in [6, 6.07) is 1.14. The molecule has 1 fully saturated rings. The molecule has 21 heavy (non-hydrogen) atoms. The van der Waals surface area contributed by atoms with Crippen LogP contribution in [0.3, 0.4) is 0 Å². The molecule has 1 aliphatic rings. The molecule has 0 aliphatic heterocycles. The van der Waals surface area contributed by atoms with Crippen molar-refractivity contribution in [2.24, 2.45) is 5.92 Å². The molecule has 1 aromatic carbocycles. The Balaban J connectivity index is 2.30. The van der Waals surface area contributed by atoms with Crippen molar-refractivity contribution in [2.45, 2.75) is 57.4 Å². The van der Waals surface area contributed by atoms with Crippen molar-refractivity contribution >= 4 is 15.7 Å². The van der Waals surface area contributed by atoms with Crippen molar-refractivity contribution in [3.05, 3.63) is 23.0 Å². The normalized spacial score (nSPS) is 23.2. The summed E-state index contributed by atoms with van der Waals surface area (Å²) in [4.78, 5) is 0.111. The molecule has 0 saturated heterocycles. The number of aryl methyl sites for hydroxylation is 1. The molecule has 6 heteroatoms. The quantitative estimate of drug-likeness (QED) is 0.843. The number of anilines is 1. The van der Waals surface area contributed by atoms with E-state index in [9.17, 15) is 12.8 Å². The van der Waals surface area contributed by atoms with Gasteiger partial charge in [0, 0.05) is 6.04 Å². The van der Waals surface area contributed by atoms with Crippen LogP contribution in [0, 0.1) is 25.6 Å². The zero-order valence-electron chi connectivity index (χ0n) is 12.7. The van der Waals surface area contributed by atoms with E-state index < -0.39 is 15.8 Å². The molecule has 1 aromatic rings. The summed E-state index contributed by atoms with van der Waals surface area (Å²) in [5, 5.41) is 0. The number of nitrogens with one attached hydrogen (secondary N) is 1. The van der Waals surface area contributed by atoms with Crippen LogP contribution >= 0.6 is 0 Å². The molecule has 3 N–H and O–H groups in total. The fraction of sp³-hybridized carbons (Fsp3) is 0.600. The monoisotopic (exact) mass is 314 g/mol. The Hall–Kier alpha value is -1.14. The second kappa shape index (κ2) is 5.93. The third-order valence-electron chi connectivity index (χ3n) is 4.31. The average molecular weight is 314 g/mol. The fourth-order valence-corrected chi connectivity index (χ4v) is 4.79. The standard InChI is InChI=1S/C15H23FN2O2S/c1-9-4-6-12(7-5-9)18-21(19,20)15-10(2)8-13(16)14(17)11(15)3/h8-9,12,18H,4-7,17H2,1-3H3. The predicted molar refractivity (Wildman–Crippen MR) is 82.0 cm³/mol. The highest BCUT2D eigenvalue weighted by Gasteiger charge is 2.27. The van der Waals surface area contributed by atoms with Crippen LogP contribution in [-0.2, 0) is 10.0 Å². The highest BCUT2D eigenvalue weighted by Crippen LogP contribution is 2.29. The van der Waals surface area contributed by atoms with Gasteiger partial charge in [0.15, 0.2) is 0 Å². The summed E-state index contributed by atoms with van der Waals surface area (Å²) < 4.78 is 41.5. The first-order valence-electron chi connectivity index (χ1n) is 7.30. The van der Waals surface area contributed by atoms with E-state index >= 15 is 0 Å². The van der Waals surface area contributed by atoms with E-state index in [0.717, 1.165) is 25.7 Å². The second-order valence-electron chi connectivity index (χ2n) is 6.12. The van der Waals surface area contributed by atoms with E-state index in [0.29, 0.717) is 11.5 Å². The largest absolute Gasteiger partial charge is 0.396 e. The molecule has 0 bridgehead atoms. The van der Waals surface area contributed by atoms with Crippen molar-refractivity contribution in [3.63, 3.8) is 0 Å². The Kier molecular flexibility index (Phi) is 4.58. The van der Waals surface area contributed by atoms with E-state index in [4.69, 9.17) is 5.73 Å². The van der Waals surface area contributed by atoms with Crippen molar-refractivity contribution in [1.82, 2.24) is 4.72 Å². The number of halogens is 1. The van der Waals surface area contributed by atoms with Crippen molar-refractivity contribution < 1.29 is 12.8 Å². The van der Waals surface area contributed by atoms with Gasteiger partial charge < -0.3 is 5.73 Å². The Morgan fingerprint density at radius 1 is 1.24 bits per heavy atom. The summed E-state index contributed by atoms with van der Waals surface area (Å²) in [5.74, 6) is 0.0751. The smallest absolute Gasteiger partial charge is 0.241 e. The van der Waals surface area contributed by atoms with Gasteiger partial charge in [0.25, 0.3) is 0 Å². The maximum Gasteiger partial charge on any atom is 0.241 e. The molecule has 0 amide bonds. The van der Waals surface area contributed by atoms with E-state index in [-0.39, 0.29) is 22.2 Å². The first kappa shape index (κ1) is 16.2. The van der Waals surface area contributed by atoms with Crippen LogP contribution in [0.5, 0.6) is 0 Å². The Labute approximate surface area is 126 Å². The average Bonchev–Trinajstić information content (AvgIpc) is 2.38. The fourth-order valence-electron chi connectivity index (χ4n) is 3.00. The van der Waals surface area contributed by atoms with Gasteiger partial charge in [-0.15, -0.1) is 0 Å². The number of rotatable bonds is 3. The summed E-state index contributed by atoms with van der Waals surface area (Å²) in [5.41, 5.74) is 6.20. The highest BCUT2D eigenvalue weighted by molar-refractivity contribution is 7.89. The lowest BCUT2D eigenvalue weighted by Gasteiger charge is -2.27. The van der Waals surface area contributed by atoms with Gasteiger partial charge >= 0.3 is 0 Å². The number of sulfonamides is 1. The molecule has 0 heterocycles. The zero-order chi connectivity index (χ0) is 15.8. The molecule has 0 radical (unpaired) electrons. The number of benzene rings is 1. The highest BCUT2D eigenvalue weighted by atomic mass is 32.2. The van der Waals surface area contributed by atoms with Gasteiger partial charge in [-0.25, -0.2) is 17.5 Å². The molecular weight excluding hydrogens is 291 g/mol. The van der Waals surface area contributed by atoms with Gasteiger partial charge in [-0.2, -0.15) is 0 Å². The lowest BCUT2D eigenvalue weighted by Crippen LogP contribution is -2.38. The van der Waals surface area contributed by atoms with E-state index in [1.165, 1.54) is 6.07 Å². The summed E-state index contributed by atoms with van der Waals surface area (Å²) in [6.07, 6.45) is 3.73. The molecule has 1 saturated carbocycles. The van der Waals surface area contributed by atoms with E-state index in [1.54, 1.807) is 13.8 Å². The topological polar surface area (TPSA) is 72.2 Å². The van der Waals surface area contributed by atoms with Crippen LogP contribution in [0.15, 0.2) is 11.0 Å². The van der Waals surface area contributed by atoms with Crippen LogP contribution < -0.4 is 10.5 Å². The molecule has 118 valence electrons. The second-order valence-corrected chi connectivity index (χ2v) is 7.77. The van der Waals surface area contributed by atoms with Gasteiger partial charge in [0.05, 0.1) is 10.6 Å². The number of nitrogen functional groups attached to an aromatic ring is 1. The lowest BCUT2D eigenvalue weighted by atomic mass is 9.88. The van der Waals surface area contributed by atoms with Crippen LogP contribution in [0.25, 0.3) is 0 Å². The number of nitrogens with two attached hydrogens (primary N) is 1. The number of hydrogen-bond donors (Lipinski definition) is 2. The molecular formula is C15H23FN2O2S. The summed E-state index contributed by atoms with van der Waals surface area (Å²) in [6.45, 7) is 5.32. The summed E-state index contributed by atoms with van der Waals surface area (Å²) >= 11 is 0. The molecule has 2 rings (SSSR count). The van der Waals surface area contributed by atoms with Crippen LogP contribution in [-0.4, -0.2) is 14.5 Å². The van der Waals surface area contributed by atoms with E-state index in [2.05, 4.69) is 11.6 Å². The maximum absolute atomic E-state index is 13.6. The van der Waals surface area contributed by atoms with Crippen LogP contribution in [0.4, 0.5) is 10.1 Å². The minimum absolute atomic E-state index is 0.0451. The lowest BCUT2D eigenvalue weighted by molar-refractivity contribution is 0.332. The van der Waals surface area contributed by atoms with Gasteiger partial charge in [0.1, 0.15) is 5.82 Å². The molecule has 0 spiro atoms. The third-order valence-corrected chi connectivity index (χ3v) is 6.12. The van der Waals surface area contributed by atoms with Gasteiger partial charge in [-0.3, -0.25) is 0 Å². The molecule has 1 aliphatic carbocycles. The molecule has 0 unspecified atom stereocenters. The van der Waals surface area contributed by atoms with E-state index in [1.807, 2.05) is 0 Å². The zero-order valence-corrected chi connectivity index (χ0v) is 13.6. The van der Waals surface area contributed by atoms with Crippen molar-refractivity contribution in [3.8, 4) is 0 Å². The molecule has 0 aromatic heterocycles. The van der Waals surface area contributed by atoms with Crippen molar-refractivity contribution in [1.29, 1.82) is 0 Å². The summed E-state index contributed by atoms with van der Waals surface area (Å²) in [7, 11) is -3.67. The Morgan fingerprint density at radius 3 is 2.38 bits per heavy atom. The predicted octanol–water partition coefficient (Wildman–Crippen LogP) is 2.88. The van der Waals surface area contributed by atoms with Gasteiger partial charge in [-0.05, 0) is 62.6 Å². The van der Waals surface area contributed by atoms with Gasteiger partial charge in [-0.1, -0.05) is 6.92 Å².